The van der Waals surface area contributed by atoms with E-state index < -0.39 is 14.2 Å². The first-order valence-corrected chi connectivity index (χ1v) is 20.7. The van der Waals surface area contributed by atoms with Crippen LogP contribution in [0.4, 0.5) is 0 Å². The minimum atomic E-state index is -1.94. The van der Waals surface area contributed by atoms with Crippen molar-refractivity contribution in [1.29, 1.82) is 0 Å². The number of aliphatic hydroxyl groups excluding tert-OH is 1. The zero-order chi connectivity index (χ0) is 24.6. The average molecular weight is 625 g/mol. The van der Waals surface area contributed by atoms with Gasteiger partial charge in [0.2, 0.25) is 0 Å². The quantitative estimate of drug-likeness (QED) is 0.277. The Morgan fingerprint density at radius 2 is 1.73 bits per heavy atom. The Hall–Kier alpha value is 1.68. The Morgan fingerprint density at radius 3 is 2.33 bits per heavy atom. The molecule has 9 atom stereocenters. The van der Waals surface area contributed by atoms with Crippen molar-refractivity contribution in [3.8, 4) is 0 Å². The van der Waals surface area contributed by atoms with E-state index in [0.717, 1.165) is 42.4 Å². The monoisotopic (exact) mass is 625 g/mol. The van der Waals surface area contributed by atoms with Gasteiger partial charge in [-0.25, -0.2) is 1.37 Å². The standard InChI is InChI=1S/C27H46O.4ClH.Mo/c1-17(2)8-7-9-18(3)21-10-11-22-20-16-24(28)25-19(4)12-14-27(25,6)23(20)13-15-26(21,22)5;;;;;/h17-24,28H,4,7-16H2,1-3,5-6H3;4*1H;/q;;;;;+3/p-4/t18-,19+,20+,21-,22+,23+,24-,26-,27-;;;;;/m1...../s1/i4D;;;;;. The summed E-state index contributed by atoms with van der Waals surface area (Å²) in [6.45, 7) is 14.0. The summed E-state index contributed by atoms with van der Waals surface area (Å²) in [6.07, 6.45) is 12.7. The molecule has 0 unspecified atom stereocenters. The third-order valence-electron chi connectivity index (χ3n) is 10.3. The number of aliphatic hydroxyl groups is 1. The third kappa shape index (κ3) is 6.40. The van der Waals surface area contributed by atoms with Gasteiger partial charge in [0, 0.05) is 12.3 Å². The molecule has 33 heavy (non-hydrogen) atoms. The molecule has 195 valence electrons. The van der Waals surface area contributed by atoms with Crippen molar-refractivity contribution in [3.05, 3.63) is 12.8 Å². The number of rotatable bonds is 6. The minimum absolute atomic E-state index is 0. The maximum atomic E-state index is 11.2. The number of fused-ring (bicyclic) bond motifs is 5. The van der Waals surface area contributed by atoms with Gasteiger partial charge in [0.05, 0.1) is 5.92 Å². The van der Waals surface area contributed by atoms with Crippen LogP contribution in [0.2, 0.25) is 0 Å². The first-order chi connectivity index (χ1) is 15.5. The summed E-state index contributed by atoms with van der Waals surface area (Å²) < 4.78 is 7.88. The predicted molar refractivity (Wildman–Crippen MR) is 136 cm³/mol. The van der Waals surface area contributed by atoms with Gasteiger partial charge >= 0.3 is 42.4 Å². The number of halogens is 4. The Balaban J connectivity index is 0.000000758. The summed E-state index contributed by atoms with van der Waals surface area (Å²) in [6, 6.07) is 0. The van der Waals surface area contributed by atoms with Gasteiger partial charge in [-0.15, -0.1) is 0 Å². The van der Waals surface area contributed by atoms with Crippen LogP contribution in [-0.4, -0.2) is 11.2 Å². The molecule has 0 bridgehead atoms. The average Bonchev–Trinajstić information content (AvgIpc) is 3.25. The third-order valence-corrected chi connectivity index (χ3v) is 10.3. The van der Waals surface area contributed by atoms with Crippen LogP contribution >= 0.6 is 28.3 Å². The van der Waals surface area contributed by atoms with Gasteiger partial charge in [0.15, 0.2) is 6.10 Å². The van der Waals surface area contributed by atoms with Crippen LogP contribution in [0.1, 0.15) is 100 Å². The molecule has 4 aliphatic carbocycles. The van der Waals surface area contributed by atoms with Gasteiger partial charge in [-0.2, -0.15) is 0 Å². The molecule has 0 aromatic heterocycles. The van der Waals surface area contributed by atoms with Gasteiger partial charge < -0.3 is 17.5 Å². The fourth-order valence-electron chi connectivity index (χ4n) is 9.02. The molecule has 0 spiro atoms. The van der Waals surface area contributed by atoms with Crippen LogP contribution < -0.4 is 12.4 Å². The van der Waals surface area contributed by atoms with Gasteiger partial charge in [0.25, 0.3) is 0 Å². The molecular formula is C27H46Cl4MoO-. The zero-order valence-electron chi connectivity index (χ0n) is 22.1. The van der Waals surface area contributed by atoms with Gasteiger partial charge in [-0.3, -0.25) is 6.90 Å². The van der Waals surface area contributed by atoms with Crippen LogP contribution in [-0.2, 0) is 14.2 Å². The second-order valence-electron chi connectivity index (χ2n) is 12.4. The van der Waals surface area contributed by atoms with Crippen LogP contribution in [0.25, 0.3) is 0 Å². The van der Waals surface area contributed by atoms with E-state index in [2.05, 4.69) is 34.6 Å². The van der Waals surface area contributed by atoms with E-state index in [4.69, 9.17) is 29.6 Å². The topological polar surface area (TPSA) is 20.2 Å². The summed E-state index contributed by atoms with van der Waals surface area (Å²) in [7, 11) is 14.9. The zero-order valence-corrected chi connectivity index (χ0v) is 26.2. The molecule has 0 heterocycles. The molecule has 0 saturated heterocycles. The van der Waals surface area contributed by atoms with Crippen LogP contribution in [0.15, 0.2) is 0 Å². The van der Waals surface area contributed by atoms with Crippen molar-refractivity contribution in [1.82, 2.24) is 0 Å². The fraction of sp³-hybridized carbons (Fsp3) is 0.926. The maximum absolute atomic E-state index is 11.2. The predicted octanol–water partition coefficient (Wildman–Crippen LogP) is 6.17. The van der Waals surface area contributed by atoms with E-state index in [9.17, 15) is 5.11 Å². The molecule has 4 fully saturated rings. The molecule has 6 heteroatoms. The molecule has 4 saturated carbocycles. The number of hydrogen-bond donors (Lipinski definition) is 1. The molecule has 0 aliphatic heterocycles. The van der Waals surface area contributed by atoms with Crippen molar-refractivity contribution in [2.75, 3.05) is 0 Å². The summed E-state index contributed by atoms with van der Waals surface area (Å²) >= 11 is -1.94. The molecule has 1 nitrogen and oxygen atoms in total. The van der Waals surface area contributed by atoms with E-state index >= 15 is 0 Å². The molecular weight excluding hydrogens is 578 g/mol. The SMILES string of the molecule is [2H][CH-][C@H]1CC[C@@]2(C)[C+]1[C@H](O)C[C@H]1[C@@H]3CC[C@H]([C@H](C)CCCC(C)C)[C@@]3(C)CC[C@@H]12.[Cl-].[Cl][Mo]([Cl])[Cl]. The molecule has 0 radical (unpaired) electrons. The first-order valence-electron chi connectivity index (χ1n) is 13.5. The summed E-state index contributed by atoms with van der Waals surface area (Å²) in [5.74, 6) is 6.40. The molecule has 1 N–H and O–H groups in total. The normalized spacial score (nSPS) is 43.1. The Labute approximate surface area is 230 Å². The molecule has 4 rings (SSSR count). The van der Waals surface area contributed by atoms with Gasteiger partial charge in [-0.1, -0.05) is 47.0 Å². The van der Waals surface area contributed by atoms with E-state index in [0.29, 0.717) is 11.3 Å². The van der Waals surface area contributed by atoms with E-state index in [-0.39, 0.29) is 29.8 Å². The van der Waals surface area contributed by atoms with Gasteiger partial charge in [-0.05, 0) is 86.4 Å². The van der Waals surface area contributed by atoms with Crippen LogP contribution in [0.3, 0.4) is 0 Å². The van der Waals surface area contributed by atoms with Crippen LogP contribution in [0, 0.1) is 65.1 Å². The number of hydrogen-bond acceptors (Lipinski definition) is 1. The van der Waals surface area contributed by atoms with Crippen molar-refractivity contribution >= 4 is 28.3 Å². The van der Waals surface area contributed by atoms with Crippen molar-refractivity contribution < 1.29 is 33.1 Å². The molecule has 0 aromatic rings. The fourth-order valence-corrected chi connectivity index (χ4v) is 9.02. The van der Waals surface area contributed by atoms with Crippen molar-refractivity contribution in [2.45, 2.75) is 105 Å². The first kappa shape index (κ1) is 29.2. The second-order valence-corrected chi connectivity index (χ2v) is 21.5. The van der Waals surface area contributed by atoms with Gasteiger partial charge in [0.1, 0.15) is 5.41 Å². The van der Waals surface area contributed by atoms with Crippen LogP contribution in [0.5, 0.6) is 0 Å². The summed E-state index contributed by atoms with van der Waals surface area (Å²) in [5.41, 5.74) is 0.679. The van der Waals surface area contributed by atoms with Crippen molar-refractivity contribution in [2.24, 2.45) is 52.3 Å². The van der Waals surface area contributed by atoms with E-state index in [1.165, 1.54) is 57.3 Å². The second kappa shape index (κ2) is 12.5. The Kier molecular flexibility index (Phi) is 11.1. The Bertz CT molecular complexity index is 637. The van der Waals surface area contributed by atoms with Crippen molar-refractivity contribution in [3.63, 3.8) is 0 Å². The molecule has 0 aromatic carbocycles. The van der Waals surface area contributed by atoms with E-state index in [1.54, 1.807) is 6.90 Å². The summed E-state index contributed by atoms with van der Waals surface area (Å²) in [4.78, 5) is 0. The van der Waals surface area contributed by atoms with E-state index in [1.807, 2.05) is 0 Å². The molecule has 4 aliphatic rings. The Morgan fingerprint density at radius 1 is 1.06 bits per heavy atom. The molecule has 0 amide bonds. The summed E-state index contributed by atoms with van der Waals surface area (Å²) in [5, 5.41) is 11.2.